The minimum Gasteiger partial charge on any atom is -0.472 e. The van der Waals surface area contributed by atoms with Gasteiger partial charge in [0.1, 0.15) is 6.26 Å². The molecular formula is C15H21ClN4O3. The number of nitrogens with two attached hydrogens (primary N) is 1. The smallest absolute Gasteiger partial charge is 0.227 e. The highest BCUT2D eigenvalue weighted by Crippen LogP contribution is 2.19. The molecule has 1 amide bonds. The van der Waals surface area contributed by atoms with E-state index in [1.807, 2.05) is 4.90 Å². The van der Waals surface area contributed by atoms with Crippen LogP contribution in [0.25, 0.3) is 11.4 Å². The Kier molecular flexibility index (Phi) is 6.18. The number of aromatic nitrogens is 2. The lowest BCUT2D eigenvalue weighted by atomic mass is 10.0. The summed E-state index contributed by atoms with van der Waals surface area (Å²) in [6, 6.07) is 1.93. The molecule has 2 N–H and O–H groups in total. The third-order valence-electron chi connectivity index (χ3n) is 4.02. The van der Waals surface area contributed by atoms with E-state index in [1.54, 1.807) is 18.6 Å². The molecule has 0 spiro atoms. The summed E-state index contributed by atoms with van der Waals surface area (Å²) < 4.78 is 10.2. The largest absolute Gasteiger partial charge is 0.472 e. The molecule has 0 bridgehead atoms. The van der Waals surface area contributed by atoms with Gasteiger partial charge in [0.25, 0.3) is 0 Å². The summed E-state index contributed by atoms with van der Waals surface area (Å²) in [5.74, 6) is 1.05. The van der Waals surface area contributed by atoms with E-state index in [0.29, 0.717) is 31.1 Å². The van der Waals surface area contributed by atoms with Gasteiger partial charge in [-0.1, -0.05) is 5.16 Å². The van der Waals surface area contributed by atoms with Crippen LogP contribution in [0.5, 0.6) is 0 Å². The molecule has 126 valence electrons. The Balaban J connectivity index is 0.00000192. The lowest BCUT2D eigenvalue weighted by Gasteiger charge is -2.35. The van der Waals surface area contributed by atoms with Gasteiger partial charge >= 0.3 is 0 Å². The van der Waals surface area contributed by atoms with E-state index in [1.165, 1.54) is 0 Å². The van der Waals surface area contributed by atoms with Crippen LogP contribution in [-0.2, 0) is 11.2 Å². The Morgan fingerprint density at radius 2 is 2.30 bits per heavy atom. The molecule has 0 aromatic carbocycles. The van der Waals surface area contributed by atoms with Gasteiger partial charge in [-0.05, 0) is 25.3 Å². The van der Waals surface area contributed by atoms with Crippen molar-refractivity contribution in [3.8, 4) is 11.4 Å². The highest BCUT2D eigenvalue weighted by atomic mass is 35.5. The summed E-state index contributed by atoms with van der Waals surface area (Å²) in [7, 11) is 0. The molecule has 1 unspecified atom stereocenters. The molecule has 1 saturated heterocycles. The van der Waals surface area contributed by atoms with Crippen molar-refractivity contribution in [2.24, 2.45) is 5.73 Å². The van der Waals surface area contributed by atoms with Crippen molar-refractivity contribution >= 4 is 18.3 Å². The predicted octanol–water partition coefficient (Wildman–Crippen LogP) is 2.02. The van der Waals surface area contributed by atoms with Gasteiger partial charge in [0, 0.05) is 32.0 Å². The summed E-state index contributed by atoms with van der Waals surface area (Å²) in [6.45, 7) is 1.32. The molecule has 0 radical (unpaired) electrons. The van der Waals surface area contributed by atoms with Crippen molar-refractivity contribution in [3.63, 3.8) is 0 Å². The summed E-state index contributed by atoms with van der Waals surface area (Å²) in [5, 5.41) is 3.89. The molecular weight excluding hydrogens is 320 g/mol. The highest BCUT2D eigenvalue weighted by molar-refractivity contribution is 5.85. The van der Waals surface area contributed by atoms with Crippen LogP contribution in [0.15, 0.2) is 27.5 Å². The normalized spacial score (nSPS) is 17.8. The van der Waals surface area contributed by atoms with Crippen LogP contribution in [0.2, 0.25) is 0 Å². The second kappa shape index (κ2) is 8.12. The molecule has 1 atom stereocenters. The van der Waals surface area contributed by atoms with Gasteiger partial charge in [-0.25, -0.2) is 0 Å². The first-order valence-corrected chi connectivity index (χ1v) is 7.62. The van der Waals surface area contributed by atoms with Crippen molar-refractivity contribution in [1.82, 2.24) is 15.0 Å². The number of hydrogen-bond acceptors (Lipinski definition) is 6. The van der Waals surface area contributed by atoms with Gasteiger partial charge in [-0.2, -0.15) is 4.98 Å². The van der Waals surface area contributed by atoms with Crippen molar-refractivity contribution in [3.05, 3.63) is 24.5 Å². The van der Waals surface area contributed by atoms with Crippen molar-refractivity contribution in [1.29, 1.82) is 0 Å². The number of aryl methyl sites for hydroxylation is 1. The zero-order valence-electron chi connectivity index (χ0n) is 12.8. The second-order valence-corrected chi connectivity index (χ2v) is 5.50. The quantitative estimate of drug-likeness (QED) is 0.894. The molecule has 1 fully saturated rings. The number of halogens is 1. The number of carbonyl (C=O) groups excluding carboxylic acids is 1. The fraction of sp³-hybridized carbons (Fsp3) is 0.533. The molecule has 3 heterocycles. The maximum atomic E-state index is 12.3. The van der Waals surface area contributed by atoms with E-state index in [0.717, 1.165) is 31.4 Å². The predicted molar refractivity (Wildman–Crippen MR) is 86.0 cm³/mol. The Hall–Kier alpha value is -1.86. The minimum absolute atomic E-state index is 0. The number of piperidine rings is 1. The second-order valence-electron chi connectivity index (χ2n) is 5.50. The monoisotopic (exact) mass is 340 g/mol. The SMILES string of the molecule is Cl.NCC1CCCCN1C(=O)CCc1nc(-c2ccoc2)no1. The Morgan fingerprint density at radius 1 is 1.43 bits per heavy atom. The van der Waals surface area contributed by atoms with Crippen LogP contribution in [0.1, 0.15) is 31.6 Å². The summed E-state index contributed by atoms with van der Waals surface area (Å²) in [4.78, 5) is 18.5. The molecule has 0 aliphatic carbocycles. The van der Waals surface area contributed by atoms with Crippen LogP contribution < -0.4 is 5.73 Å². The van der Waals surface area contributed by atoms with E-state index < -0.39 is 0 Å². The number of amides is 1. The van der Waals surface area contributed by atoms with Gasteiger partial charge in [-0.3, -0.25) is 4.79 Å². The fourth-order valence-corrected chi connectivity index (χ4v) is 2.80. The van der Waals surface area contributed by atoms with Crippen molar-refractivity contribution in [2.45, 2.75) is 38.1 Å². The van der Waals surface area contributed by atoms with Gasteiger partial charge in [0.15, 0.2) is 0 Å². The zero-order chi connectivity index (χ0) is 15.4. The third kappa shape index (κ3) is 4.11. The number of nitrogens with zero attached hydrogens (tertiary/aromatic N) is 3. The summed E-state index contributed by atoms with van der Waals surface area (Å²) in [5.41, 5.74) is 6.52. The number of furan rings is 1. The van der Waals surface area contributed by atoms with Gasteiger partial charge in [0.05, 0.1) is 11.8 Å². The first kappa shape index (κ1) is 17.5. The maximum Gasteiger partial charge on any atom is 0.227 e. The topological polar surface area (TPSA) is 98.4 Å². The van der Waals surface area contributed by atoms with E-state index in [2.05, 4.69) is 10.1 Å². The average molecular weight is 341 g/mol. The molecule has 1 aliphatic rings. The molecule has 23 heavy (non-hydrogen) atoms. The van der Waals surface area contributed by atoms with Gasteiger partial charge in [0.2, 0.25) is 17.6 Å². The summed E-state index contributed by atoms with van der Waals surface area (Å²) >= 11 is 0. The molecule has 0 saturated carbocycles. The first-order chi connectivity index (χ1) is 10.8. The Labute approximate surface area is 140 Å². The molecule has 2 aromatic rings. The van der Waals surface area contributed by atoms with E-state index in [4.69, 9.17) is 14.7 Å². The van der Waals surface area contributed by atoms with Crippen LogP contribution in [-0.4, -0.2) is 40.1 Å². The molecule has 1 aliphatic heterocycles. The maximum absolute atomic E-state index is 12.3. The Morgan fingerprint density at radius 3 is 3.04 bits per heavy atom. The number of carbonyl (C=O) groups is 1. The highest BCUT2D eigenvalue weighted by Gasteiger charge is 2.25. The zero-order valence-corrected chi connectivity index (χ0v) is 13.6. The molecule has 7 nitrogen and oxygen atoms in total. The number of likely N-dealkylation sites (tertiary alicyclic amines) is 1. The van der Waals surface area contributed by atoms with E-state index in [9.17, 15) is 4.79 Å². The molecule has 8 heteroatoms. The van der Waals surface area contributed by atoms with Gasteiger partial charge in [-0.15, -0.1) is 12.4 Å². The lowest BCUT2D eigenvalue weighted by Crippen LogP contribution is -2.47. The van der Waals surface area contributed by atoms with Gasteiger partial charge < -0.3 is 19.6 Å². The van der Waals surface area contributed by atoms with Crippen molar-refractivity contribution in [2.75, 3.05) is 13.1 Å². The standard InChI is InChI=1S/C15H20N4O3.ClH/c16-9-12-3-1-2-7-19(12)14(20)5-4-13-17-15(18-22-13)11-6-8-21-10-11;/h6,8,10,12H,1-5,7,9,16H2;1H. The van der Waals surface area contributed by atoms with Crippen molar-refractivity contribution < 1.29 is 13.7 Å². The number of hydrogen-bond donors (Lipinski definition) is 1. The van der Waals surface area contributed by atoms with E-state index >= 15 is 0 Å². The Bertz CT molecular complexity index is 614. The third-order valence-corrected chi connectivity index (χ3v) is 4.02. The average Bonchev–Trinajstić information content (AvgIpc) is 3.23. The minimum atomic E-state index is 0. The van der Waals surface area contributed by atoms with Crippen LogP contribution in [0.3, 0.4) is 0 Å². The van der Waals surface area contributed by atoms with Crippen LogP contribution in [0.4, 0.5) is 0 Å². The van der Waals surface area contributed by atoms with E-state index in [-0.39, 0.29) is 24.4 Å². The summed E-state index contributed by atoms with van der Waals surface area (Å²) in [6.07, 6.45) is 7.10. The molecule has 2 aromatic heterocycles. The lowest BCUT2D eigenvalue weighted by molar-refractivity contribution is -0.134. The number of rotatable bonds is 5. The first-order valence-electron chi connectivity index (χ1n) is 7.62. The van der Waals surface area contributed by atoms with Crippen LogP contribution >= 0.6 is 12.4 Å². The fourth-order valence-electron chi connectivity index (χ4n) is 2.80. The molecule has 3 rings (SSSR count). The van der Waals surface area contributed by atoms with Crippen LogP contribution in [0, 0.1) is 0 Å².